The van der Waals surface area contributed by atoms with E-state index < -0.39 is 0 Å². The van der Waals surface area contributed by atoms with Crippen LogP contribution in [0.15, 0.2) is 60.9 Å². The van der Waals surface area contributed by atoms with Gasteiger partial charge in [-0.15, -0.1) is 0 Å². The fraction of sp³-hybridized carbons (Fsp3) is 0.190. The molecule has 0 spiro atoms. The van der Waals surface area contributed by atoms with Crippen LogP contribution in [0.3, 0.4) is 0 Å². The van der Waals surface area contributed by atoms with E-state index in [2.05, 4.69) is 20.6 Å². The van der Waals surface area contributed by atoms with Gasteiger partial charge in [-0.3, -0.25) is 4.79 Å². The lowest BCUT2D eigenvalue weighted by atomic mass is 10.2. The SMILES string of the molecule is COc1ccc(CNC(=O)c2cc(NCc3ccccc3OC)ncn2)cc1. The molecule has 28 heavy (non-hydrogen) atoms. The molecule has 0 atom stereocenters. The lowest BCUT2D eigenvalue weighted by molar-refractivity contribution is 0.0946. The van der Waals surface area contributed by atoms with Crippen LogP contribution < -0.4 is 20.1 Å². The number of methoxy groups -OCH3 is 2. The third-order valence-corrected chi connectivity index (χ3v) is 4.16. The number of benzene rings is 2. The highest BCUT2D eigenvalue weighted by Gasteiger charge is 2.09. The van der Waals surface area contributed by atoms with Crippen molar-refractivity contribution in [3.63, 3.8) is 0 Å². The first-order valence-electron chi connectivity index (χ1n) is 8.78. The molecule has 0 saturated carbocycles. The maximum Gasteiger partial charge on any atom is 0.270 e. The topological polar surface area (TPSA) is 85.4 Å². The standard InChI is InChI=1S/C21H22N4O3/c1-27-17-9-7-15(8-10-17)12-23-21(26)18-11-20(25-14-24-18)22-13-16-5-3-4-6-19(16)28-2/h3-11,14H,12-13H2,1-2H3,(H,23,26)(H,22,24,25). The molecule has 0 radical (unpaired) electrons. The second-order valence-electron chi connectivity index (χ2n) is 5.98. The number of ether oxygens (including phenoxy) is 2. The smallest absolute Gasteiger partial charge is 0.270 e. The second-order valence-corrected chi connectivity index (χ2v) is 5.98. The molecule has 144 valence electrons. The highest BCUT2D eigenvalue weighted by atomic mass is 16.5. The van der Waals surface area contributed by atoms with Gasteiger partial charge in [0.2, 0.25) is 0 Å². The van der Waals surface area contributed by atoms with Crippen LogP contribution in [0.5, 0.6) is 11.5 Å². The summed E-state index contributed by atoms with van der Waals surface area (Å²) in [7, 11) is 3.25. The Labute approximate surface area is 163 Å². The summed E-state index contributed by atoms with van der Waals surface area (Å²) < 4.78 is 10.5. The number of anilines is 1. The largest absolute Gasteiger partial charge is 0.497 e. The third-order valence-electron chi connectivity index (χ3n) is 4.16. The Bertz CT molecular complexity index is 929. The van der Waals surface area contributed by atoms with Crippen molar-refractivity contribution in [2.45, 2.75) is 13.1 Å². The number of aromatic nitrogens is 2. The van der Waals surface area contributed by atoms with E-state index in [-0.39, 0.29) is 5.91 Å². The molecule has 7 heteroatoms. The lowest BCUT2D eigenvalue weighted by Crippen LogP contribution is -2.24. The molecule has 1 aromatic heterocycles. The quantitative estimate of drug-likeness (QED) is 0.627. The van der Waals surface area contributed by atoms with Crippen molar-refractivity contribution in [3.05, 3.63) is 77.7 Å². The summed E-state index contributed by atoms with van der Waals surface area (Å²) in [6.07, 6.45) is 1.37. The molecular formula is C21H22N4O3. The van der Waals surface area contributed by atoms with Gasteiger partial charge in [-0.1, -0.05) is 30.3 Å². The summed E-state index contributed by atoms with van der Waals surface area (Å²) in [5.41, 5.74) is 2.26. The van der Waals surface area contributed by atoms with Crippen LogP contribution in [-0.4, -0.2) is 30.1 Å². The molecule has 0 aliphatic carbocycles. The number of carbonyl (C=O) groups excluding carboxylic acids is 1. The Morgan fingerprint density at radius 3 is 2.50 bits per heavy atom. The van der Waals surface area contributed by atoms with Crippen LogP contribution >= 0.6 is 0 Å². The molecule has 0 bridgehead atoms. The highest BCUT2D eigenvalue weighted by Crippen LogP contribution is 2.18. The van der Waals surface area contributed by atoms with E-state index in [1.165, 1.54) is 6.33 Å². The molecule has 2 aromatic carbocycles. The Hall–Kier alpha value is -3.61. The minimum absolute atomic E-state index is 0.265. The number of carbonyl (C=O) groups is 1. The van der Waals surface area contributed by atoms with Crippen molar-refractivity contribution in [1.29, 1.82) is 0 Å². The first kappa shape index (κ1) is 19.2. The summed E-state index contributed by atoms with van der Waals surface area (Å²) in [5.74, 6) is 1.87. The molecule has 0 unspecified atom stereocenters. The summed E-state index contributed by atoms with van der Waals surface area (Å²) in [6.45, 7) is 0.921. The van der Waals surface area contributed by atoms with E-state index in [4.69, 9.17) is 9.47 Å². The van der Waals surface area contributed by atoms with Gasteiger partial charge >= 0.3 is 0 Å². The molecule has 3 rings (SSSR count). The average Bonchev–Trinajstić information content (AvgIpc) is 2.76. The van der Waals surface area contributed by atoms with E-state index >= 15 is 0 Å². The van der Waals surface area contributed by atoms with Gasteiger partial charge in [-0.05, 0) is 23.8 Å². The minimum Gasteiger partial charge on any atom is -0.497 e. The molecule has 0 saturated heterocycles. The average molecular weight is 378 g/mol. The monoisotopic (exact) mass is 378 g/mol. The number of para-hydroxylation sites is 1. The summed E-state index contributed by atoms with van der Waals surface area (Å²) >= 11 is 0. The molecule has 2 N–H and O–H groups in total. The van der Waals surface area contributed by atoms with Crippen LogP contribution in [0, 0.1) is 0 Å². The normalized spacial score (nSPS) is 10.2. The Morgan fingerprint density at radius 1 is 0.964 bits per heavy atom. The zero-order chi connectivity index (χ0) is 19.8. The number of hydrogen-bond acceptors (Lipinski definition) is 6. The van der Waals surface area contributed by atoms with Gasteiger partial charge in [-0.25, -0.2) is 9.97 Å². The van der Waals surface area contributed by atoms with E-state index in [1.807, 2.05) is 48.5 Å². The molecule has 3 aromatic rings. The van der Waals surface area contributed by atoms with Gasteiger partial charge in [0, 0.05) is 24.7 Å². The maximum absolute atomic E-state index is 12.4. The van der Waals surface area contributed by atoms with Gasteiger partial charge in [-0.2, -0.15) is 0 Å². The van der Waals surface area contributed by atoms with Crippen LogP contribution in [0.4, 0.5) is 5.82 Å². The van der Waals surface area contributed by atoms with Crippen molar-refractivity contribution in [1.82, 2.24) is 15.3 Å². The summed E-state index contributed by atoms with van der Waals surface area (Å²) in [6, 6.07) is 16.9. The maximum atomic E-state index is 12.4. The van der Waals surface area contributed by atoms with Gasteiger partial charge in [0.1, 0.15) is 29.3 Å². The highest BCUT2D eigenvalue weighted by molar-refractivity contribution is 5.92. The van der Waals surface area contributed by atoms with Crippen molar-refractivity contribution in [2.24, 2.45) is 0 Å². The first-order valence-corrected chi connectivity index (χ1v) is 8.78. The van der Waals surface area contributed by atoms with E-state index in [9.17, 15) is 4.79 Å². The van der Waals surface area contributed by atoms with Crippen molar-refractivity contribution in [3.8, 4) is 11.5 Å². The number of nitrogens with zero attached hydrogens (tertiary/aromatic N) is 2. The Morgan fingerprint density at radius 2 is 1.75 bits per heavy atom. The van der Waals surface area contributed by atoms with E-state index in [0.29, 0.717) is 24.6 Å². The number of rotatable bonds is 8. The zero-order valence-electron chi connectivity index (χ0n) is 15.8. The van der Waals surface area contributed by atoms with Crippen molar-refractivity contribution < 1.29 is 14.3 Å². The molecule has 1 amide bonds. The molecule has 1 heterocycles. The molecular weight excluding hydrogens is 356 g/mol. The Balaban J connectivity index is 1.59. The second kappa shape index (κ2) is 9.36. The zero-order valence-corrected chi connectivity index (χ0v) is 15.8. The summed E-state index contributed by atoms with van der Waals surface area (Å²) in [4.78, 5) is 20.6. The lowest BCUT2D eigenvalue weighted by Gasteiger charge is -2.10. The fourth-order valence-corrected chi connectivity index (χ4v) is 2.63. The molecule has 0 aliphatic rings. The van der Waals surface area contributed by atoms with E-state index in [0.717, 1.165) is 22.6 Å². The van der Waals surface area contributed by atoms with Crippen LogP contribution in [0.25, 0.3) is 0 Å². The van der Waals surface area contributed by atoms with Crippen LogP contribution in [0.2, 0.25) is 0 Å². The number of amides is 1. The van der Waals surface area contributed by atoms with Gasteiger partial charge < -0.3 is 20.1 Å². The first-order chi connectivity index (χ1) is 13.7. The predicted molar refractivity (Wildman–Crippen MR) is 107 cm³/mol. The fourth-order valence-electron chi connectivity index (χ4n) is 2.63. The molecule has 7 nitrogen and oxygen atoms in total. The Kier molecular flexibility index (Phi) is 6.41. The van der Waals surface area contributed by atoms with Gasteiger partial charge in [0.05, 0.1) is 14.2 Å². The number of nitrogens with one attached hydrogen (secondary N) is 2. The van der Waals surface area contributed by atoms with Crippen LogP contribution in [-0.2, 0) is 13.1 Å². The number of hydrogen-bond donors (Lipinski definition) is 2. The molecule has 0 aliphatic heterocycles. The van der Waals surface area contributed by atoms with Crippen molar-refractivity contribution >= 4 is 11.7 Å². The van der Waals surface area contributed by atoms with Crippen molar-refractivity contribution in [2.75, 3.05) is 19.5 Å². The minimum atomic E-state index is -0.265. The van der Waals surface area contributed by atoms with Gasteiger partial charge in [0.25, 0.3) is 5.91 Å². The molecule has 0 fully saturated rings. The summed E-state index contributed by atoms with van der Waals surface area (Å²) in [5, 5.41) is 6.05. The van der Waals surface area contributed by atoms with Crippen LogP contribution in [0.1, 0.15) is 21.6 Å². The predicted octanol–water partition coefficient (Wildman–Crippen LogP) is 3.04. The van der Waals surface area contributed by atoms with E-state index in [1.54, 1.807) is 20.3 Å². The van der Waals surface area contributed by atoms with Gasteiger partial charge in [0.15, 0.2) is 0 Å². The third kappa shape index (κ3) is 4.97.